The summed E-state index contributed by atoms with van der Waals surface area (Å²) in [5.74, 6) is 1.99. The van der Waals surface area contributed by atoms with E-state index in [9.17, 15) is 4.79 Å². The van der Waals surface area contributed by atoms with Crippen LogP contribution in [0.15, 0.2) is 67.3 Å². The number of thioether (sulfide) groups is 1. The second kappa shape index (κ2) is 7.33. The molecule has 1 N–H and O–H groups in total. The molecule has 5 rings (SSSR count). The first kappa shape index (κ1) is 17.3. The molecule has 0 radical (unpaired) electrons. The molecule has 1 amide bonds. The molecule has 0 bridgehead atoms. The summed E-state index contributed by atoms with van der Waals surface area (Å²) in [7, 11) is 0. The molecule has 4 heterocycles. The lowest BCUT2D eigenvalue weighted by Crippen LogP contribution is -2.16. The van der Waals surface area contributed by atoms with Crippen LogP contribution in [0.1, 0.15) is 20.8 Å². The van der Waals surface area contributed by atoms with Crippen LogP contribution in [0.2, 0.25) is 0 Å². The summed E-state index contributed by atoms with van der Waals surface area (Å²) in [5.41, 5.74) is 3.69. The number of hydrogen-bond donors (Lipinski definition) is 1. The summed E-state index contributed by atoms with van der Waals surface area (Å²) in [6.45, 7) is 0. The minimum Gasteiger partial charge on any atom is -0.322 e. The predicted octanol–water partition coefficient (Wildman–Crippen LogP) is 4.77. The second-order valence-corrected chi connectivity index (χ2v) is 8.72. The highest BCUT2D eigenvalue weighted by atomic mass is 32.2. The Morgan fingerprint density at radius 3 is 2.82 bits per heavy atom. The molecule has 0 atom stereocenters. The zero-order valence-electron chi connectivity index (χ0n) is 15.0. The fraction of sp³-hybridized carbons (Fsp3) is 0.143. The minimum absolute atomic E-state index is 0.0503. The Balaban J connectivity index is 1.51. The summed E-state index contributed by atoms with van der Waals surface area (Å²) in [4.78, 5) is 14.6. The number of hydrogen-bond acceptors (Lipinski definition) is 4. The molecule has 0 unspecified atom stereocenters. The van der Waals surface area contributed by atoms with Crippen LogP contribution >= 0.6 is 23.1 Å². The first-order valence-electron chi connectivity index (χ1n) is 9.06. The van der Waals surface area contributed by atoms with Gasteiger partial charge in [-0.05, 0) is 54.1 Å². The fourth-order valence-corrected chi connectivity index (χ4v) is 5.89. The highest BCUT2D eigenvalue weighted by Crippen LogP contribution is 2.38. The SMILES string of the molecule is O=C(Nc1cccc(-n2cccn2)c1)c1c(-n2cccc2)sc2c1CCSC2. The van der Waals surface area contributed by atoms with Crippen LogP contribution in [0.25, 0.3) is 10.7 Å². The summed E-state index contributed by atoms with van der Waals surface area (Å²) < 4.78 is 3.83. The highest BCUT2D eigenvalue weighted by molar-refractivity contribution is 7.98. The van der Waals surface area contributed by atoms with Crippen molar-refractivity contribution in [1.82, 2.24) is 14.3 Å². The molecule has 0 spiro atoms. The predicted molar refractivity (Wildman–Crippen MR) is 115 cm³/mol. The minimum atomic E-state index is -0.0503. The average Bonchev–Trinajstić information content (AvgIpc) is 3.48. The number of benzene rings is 1. The average molecular weight is 407 g/mol. The summed E-state index contributed by atoms with van der Waals surface area (Å²) in [5, 5.41) is 8.37. The van der Waals surface area contributed by atoms with E-state index in [0.29, 0.717) is 0 Å². The fourth-order valence-electron chi connectivity index (χ4n) is 3.45. The van der Waals surface area contributed by atoms with Gasteiger partial charge in [0, 0.05) is 41.1 Å². The zero-order valence-corrected chi connectivity index (χ0v) is 16.7. The van der Waals surface area contributed by atoms with Crippen LogP contribution in [0.5, 0.6) is 0 Å². The molecule has 5 nitrogen and oxygen atoms in total. The number of fused-ring (bicyclic) bond motifs is 1. The van der Waals surface area contributed by atoms with E-state index < -0.39 is 0 Å². The molecule has 0 fully saturated rings. The van der Waals surface area contributed by atoms with E-state index in [1.165, 1.54) is 10.4 Å². The van der Waals surface area contributed by atoms with Gasteiger partial charge in [-0.3, -0.25) is 4.79 Å². The molecule has 3 aromatic heterocycles. The van der Waals surface area contributed by atoms with Gasteiger partial charge in [-0.25, -0.2) is 4.68 Å². The van der Waals surface area contributed by atoms with Crippen molar-refractivity contribution in [1.29, 1.82) is 0 Å². The van der Waals surface area contributed by atoms with Crippen LogP contribution in [-0.4, -0.2) is 26.0 Å². The molecule has 28 heavy (non-hydrogen) atoms. The molecule has 1 aliphatic heterocycles. The van der Waals surface area contributed by atoms with Crippen LogP contribution in [0.3, 0.4) is 0 Å². The van der Waals surface area contributed by atoms with Gasteiger partial charge in [-0.1, -0.05) is 6.07 Å². The second-order valence-electron chi connectivity index (χ2n) is 6.53. The van der Waals surface area contributed by atoms with E-state index >= 15 is 0 Å². The van der Waals surface area contributed by atoms with Gasteiger partial charge in [0.1, 0.15) is 5.00 Å². The smallest absolute Gasteiger partial charge is 0.258 e. The molecule has 0 saturated heterocycles. The van der Waals surface area contributed by atoms with Crippen molar-refractivity contribution in [2.45, 2.75) is 12.2 Å². The lowest BCUT2D eigenvalue weighted by molar-refractivity contribution is 0.102. The van der Waals surface area contributed by atoms with Gasteiger partial charge < -0.3 is 9.88 Å². The highest BCUT2D eigenvalue weighted by Gasteiger charge is 2.26. The van der Waals surface area contributed by atoms with E-state index in [1.807, 2.05) is 77.4 Å². The Morgan fingerprint density at radius 2 is 2.00 bits per heavy atom. The van der Waals surface area contributed by atoms with Crippen molar-refractivity contribution in [3.05, 3.63) is 83.3 Å². The number of rotatable bonds is 4. The quantitative estimate of drug-likeness (QED) is 0.531. The zero-order chi connectivity index (χ0) is 18.9. The third-order valence-electron chi connectivity index (χ3n) is 4.74. The van der Waals surface area contributed by atoms with E-state index in [1.54, 1.807) is 22.2 Å². The third-order valence-corrected chi connectivity index (χ3v) is 7.15. The van der Waals surface area contributed by atoms with Crippen LogP contribution in [-0.2, 0) is 12.2 Å². The Morgan fingerprint density at radius 1 is 1.11 bits per heavy atom. The van der Waals surface area contributed by atoms with Gasteiger partial charge in [-0.15, -0.1) is 11.3 Å². The van der Waals surface area contributed by atoms with E-state index in [-0.39, 0.29) is 5.91 Å². The normalized spacial score (nSPS) is 13.3. The Labute approximate surface area is 171 Å². The molecule has 7 heteroatoms. The van der Waals surface area contributed by atoms with Crippen molar-refractivity contribution in [2.75, 3.05) is 11.1 Å². The topological polar surface area (TPSA) is 51.9 Å². The van der Waals surface area contributed by atoms with Gasteiger partial charge in [0.15, 0.2) is 0 Å². The van der Waals surface area contributed by atoms with Gasteiger partial charge in [0.25, 0.3) is 5.91 Å². The number of carbonyl (C=O) groups is 1. The Bertz CT molecular complexity index is 1110. The Hall–Kier alpha value is -2.77. The molecule has 1 aliphatic rings. The van der Waals surface area contributed by atoms with E-state index in [0.717, 1.165) is 39.9 Å². The lowest BCUT2D eigenvalue weighted by Gasteiger charge is -2.13. The van der Waals surface area contributed by atoms with Crippen molar-refractivity contribution in [3.8, 4) is 10.7 Å². The van der Waals surface area contributed by atoms with Crippen LogP contribution in [0.4, 0.5) is 5.69 Å². The van der Waals surface area contributed by atoms with Crippen LogP contribution < -0.4 is 5.32 Å². The largest absolute Gasteiger partial charge is 0.322 e. The van der Waals surface area contributed by atoms with Crippen molar-refractivity contribution in [2.24, 2.45) is 0 Å². The molecule has 0 saturated carbocycles. The number of aromatic nitrogens is 3. The van der Waals surface area contributed by atoms with E-state index in [2.05, 4.69) is 10.4 Å². The maximum Gasteiger partial charge on any atom is 0.258 e. The number of anilines is 1. The monoisotopic (exact) mass is 406 g/mol. The molecule has 4 aromatic rings. The lowest BCUT2D eigenvalue weighted by atomic mass is 10.1. The summed E-state index contributed by atoms with van der Waals surface area (Å²) in [6, 6.07) is 13.6. The van der Waals surface area contributed by atoms with E-state index in [4.69, 9.17) is 0 Å². The number of nitrogens with one attached hydrogen (secondary N) is 1. The number of carbonyl (C=O) groups excluding carboxylic acids is 1. The van der Waals surface area contributed by atoms with Gasteiger partial charge in [0.05, 0.1) is 11.3 Å². The Kier molecular flexibility index (Phi) is 4.54. The number of thiophene rings is 1. The first-order valence-corrected chi connectivity index (χ1v) is 11.0. The van der Waals surface area contributed by atoms with Crippen molar-refractivity contribution in [3.63, 3.8) is 0 Å². The molecular formula is C21H18N4OS2. The van der Waals surface area contributed by atoms with Gasteiger partial charge >= 0.3 is 0 Å². The standard InChI is InChI=1S/C21H18N4OS2/c26-20(23-15-5-3-6-16(13-15)25-11-4-8-22-25)19-17-7-12-27-14-18(17)28-21(19)24-9-1-2-10-24/h1-6,8-11,13H,7,12,14H2,(H,23,26). The third kappa shape index (κ3) is 3.16. The van der Waals surface area contributed by atoms with Gasteiger partial charge in [-0.2, -0.15) is 16.9 Å². The molecule has 0 aliphatic carbocycles. The first-order chi connectivity index (χ1) is 13.8. The van der Waals surface area contributed by atoms with Crippen molar-refractivity contribution < 1.29 is 4.79 Å². The molecule has 1 aromatic carbocycles. The van der Waals surface area contributed by atoms with Gasteiger partial charge in [0.2, 0.25) is 0 Å². The van der Waals surface area contributed by atoms with Crippen molar-refractivity contribution >= 4 is 34.7 Å². The van der Waals surface area contributed by atoms with Crippen LogP contribution in [0, 0.1) is 0 Å². The maximum atomic E-state index is 13.3. The molecular weight excluding hydrogens is 388 g/mol. The molecule has 140 valence electrons. The maximum absolute atomic E-state index is 13.3. The number of nitrogens with zero attached hydrogens (tertiary/aromatic N) is 3. The summed E-state index contributed by atoms with van der Waals surface area (Å²) in [6.07, 6.45) is 8.56. The number of amides is 1. The summed E-state index contributed by atoms with van der Waals surface area (Å²) >= 11 is 3.66.